The third-order valence-electron chi connectivity index (χ3n) is 3.01. The van der Waals surface area contributed by atoms with E-state index in [4.69, 9.17) is 22.1 Å². The fraction of sp³-hybridized carbons (Fsp3) is 0.250. The Kier molecular flexibility index (Phi) is 6.23. The van der Waals surface area contributed by atoms with Crippen LogP contribution in [-0.2, 0) is 17.3 Å². The molecule has 1 atom stereocenters. The van der Waals surface area contributed by atoms with E-state index < -0.39 is 10.8 Å². The zero-order valence-electron chi connectivity index (χ0n) is 11.6. The number of hydrogen-bond donors (Lipinski definition) is 1. The molecule has 2 N–H and O–H groups in total. The van der Waals surface area contributed by atoms with Crippen molar-refractivity contribution in [2.45, 2.75) is 17.9 Å². The van der Waals surface area contributed by atoms with Crippen LogP contribution < -0.4 is 10.5 Å². The predicted molar refractivity (Wildman–Crippen MR) is 87.2 cm³/mol. The largest absolute Gasteiger partial charge is 0.493 e. The minimum absolute atomic E-state index is 0.446. The number of hydrogen-bond acceptors (Lipinski definition) is 3. The first kappa shape index (κ1) is 16.0. The maximum absolute atomic E-state index is 12.2. The molecule has 1 unspecified atom stereocenters. The summed E-state index contributed by atoms with van der Waals surface area (Å²) in [7, 11) is -1.10. The summed E-state index contributed by atoms with van der Waals surface area (Å²) in [5, 5.41) is 0.547. The summed E-state index contributed by atoms with van der Waals surface area (Å²) in [6.45, 7) is 0.953. The summed E-state index contributed by atoms with van der Waals surface area (Å²) >= 11 is 6.03. The van der Waals surface area contributed by atoms with E-state index in [1.165, 1.54) is 0 Å². The molecule has 2 rings (SSSR count). The molecule has 2 aromatic rings. The predicted octanol–water partition coefficient (Wildman–Crippen LogP) is 3.38. The van der Waals surface area contributed by atoms with E-state index in [-0.39, 0.29) is 0 Å². The summed E-state index contributed by atoms with van der Waals surface area (Å²) < 4.78 is 17.8. The Hall–Kier alpha value is -1.36. The van der Waals surface area contributed by atoms with Crippen LogP contribution in [0, 0.1) is 0 Å². The molecule has 0 saturated heterocycles. The summed E-state index contributed by atoms with van der Waals surface area (Å²) in [6, 6.07) is 14.9. The molecule has 0 amide bonds. The average molecular weight is 324 g/mol. The molecular weight excluding hydrogens is 306 g/mol. The maximum Gasteiger partial charge on any atom is 0.123 e. The summed E-state index contributed by atoms with van der Waals surface area (Å²) in [4.78, 5) is 0.682. The van der Waals surface area contributed by atoms with Crippen LogP contribution >= 0.6 is 11.6 Å². The van der Waals surface area contributed by atoms with E-state index in [0.717, 1.165) is 11.3 Å². The monoisotopic (exact) mass is 323 g/mol. The van der Waals surface area contributed by atoms with Crippen LogP contribution in [-0.4, -0.2) is 16.6 Å². The van der Waals surface area contributed by atoms with Gasteiger partial charge in [-0.15, -0.1) is 0 Å². The molecule has 21 heavy (non-hydrogen) atoms. The lowest BCUT2D eigenvalue weighted by Gasteiger charge is -2.10. The lowest BCUT2D eigenvalue weighted by molar-refractivity contribution is 0.315. The Morgan fingerprint density at radius 2 is 1.81 bits per heavy atom. The van der Waals surface area contributed by atoms with Crippen LogP contribution in [0.25, 0.3) is 0 Å². The first-order valence-electron chi connectivity index (χ1n) is 6.76. The maximum atomic E-state index is 12.2. The fourth-order valence-corrected chi connectivity index (χ4v) is 3.43. The van der Waals surface area contributed by atoms with Crippen molar-refractivity contribution < 1.29 is 8.95 Å². The van der Waals surface area contributed by atoms with Gasteiger partial charge in [0.05, 0.1) is 27.3 Å². The molecule has 0 bridgehead atoms. The lowest BCUT2D eigenvalue weighted by Crippen LogP contribution is -2.07. The van der Waals surface area contributed by atoms with Crippen LogP contribution in [0.3, 0.4) is 0 Å². The van der Waals surface area contributed by atoms with E-state index in [1.54, 1.807) is 12.1 Å². The molecule has 0 spiro atoms. The number of halogens is 1. The fourth-order valence-electron chi connectivity index (χ4n) is 1.92. The first-order chi connectivity index (χ1) is 10.2. The summed E-state index contributed by atoms with van der Waals surface area (Å²) in [5.74, 6) is 1.32. The van der Waals surface area contributed by atoms with Gasteiger partial charge >= 0.3 is 0 Å². The van der Waals surface area contributed by atoms with Gasteiger partial charge < -0.3 is 10.5 Å². The second-order valence-electron chi connectivity index (χ2n) is 4.49. The van der Waals surface area contributed by atoms with Gasteiger partial charge in [-0.3, -0.25) is 4.21 Å². The summed E-state index contributed by atoms with van der Waals surface area (Å²) in [6.07, 6.45) is 0.691. The zero-order valence-corrected chi connectivity index (χ0v) is 13.2. The second kappa shape index (κ2) is 8.17. The smallest absolute Gasteiger partial charge is 0.123 e. The minimum atomic E-state index is -1.10. The van der Waals surface area contributed by atoms with Gasteiger partial charge in [0.1, 0.15) is 5.75 Å². The van der Waals surface area contributed by atoms with Gasteiger partial charge in [-0.05, 0) is 24.6 Å². The molecule has 3 nitrogen and oxygen atoms in total. The molecule has 0 aliphatic carbocycles. The van der Waals surface area contributed by atoms with E-state index in [2.05, 4.69) is 0 Å². The second-order valence-corrected chi connectivity index (χ2v) is 6.44. The molecule has 0 aliphatic rings. The number of nitrogens with two attached hydrogens (primary N) is 1. The Morgan fingerprint density at radius 3 is 2.57 bits per heavy atom. The summed E-state index contributed by atoms with van der Waals surface area (Å²) in [5.41, 5.74) is 6.63. The van der Waals surface area contributed by atoms with Gasteiger partial charge in [-0.1, -0.05) is 41.9 Å². The van der Waals surface area contributed by atoms with Crippen molar-refractivity contribution in [3.8, 4) is 5.75 Å². The van der Waals surface area contributed by atoms with Gasteiger partial charge in [-0.25, -0.2) is 0 Å². The van der Waals surface area contributed by atoms with Crippen molar-refractivity contribution in [2.75, 3.05) is 12.4 Å². The van der Waals surface area contributed by atoms with Crippen molar-refractivity contribution in [3.63, 3.8) is 0 Å². The number of rotatable bonds is 7. The molecule has 0 aromatic heterocycles. The molecule has 112 valence electrons. The highest BCUT2D eigenvalue weighted by Gasteiger charge is 2.08. The molecule has 5 heteroatoms. The van der Waals surface area contributed by atoms with Crippen molar-refractivity contribution in [3.05, 3.63) is 59.1 Å². The van der Waals surface area contributed by atoms with Crippen molar-refractivity contribution >= 4 is 22.4 Å². The van der Waals surface area contributed by atoms with Crippen molar-refractivity contribution in [2.24, 2.45) is 5.73 Å². The standard InChI is InChI=1S/C16H18ClNO2S/c17-14-7-2-4-9-16(14)21(19)11-5-10-20-15-8-3-1-6-13(15)12-18/h1-4,6-9H,5,10-12,18H2. The molecular formula is C16H18ClNO2S. The highest BCUT2D eigenvalue weighted by molar-refractivity contribution is 7.85. The van der Waals surface area contributed by atoms with Crippen LogP contribution in [0.15, 0.2) is 53.4 Å². The highest BCUT2D eigenvalue weighted by atomic mass is 35.5. The molecule has 0 fully saturated rings. The first-order valence-corrected chi connectivity index (χ1v) is 8.45. The van der Waals surface area contributed by atoms with Crippen LogP contribution in [0.4, 0.5) is 0 Å². The Labute approximate surface area is 132 Å². The molecule has 0 radical (unpaired) electrons. The van der Waals surface area contributed by atoms with Crippen LogP contribution in [0.1, 0.15) is 12.0 Å². The lowest BCUT2D eigenvalue weighted by atomic mass is 10.2. The topological polar surface area (TPSA) is 52.3 Å². The molecule has 0 heterocycles. The SMILES string of the molecule is NCc1ccccc1OCCCS(=O)c1ccccc1Cl. The van der Waals surface area contributed by atoms with E-state index >= 15 is 0 Å². The quantitative estimate of drug-likeness (QED) is 0.795. The normalized spacial score (nSPS) is 12.1. The third kappa shape index (κ3) is 4.56. The Balaban J connectivity index is 1.82. The Bertz CT molecular complexity index is 619. The van der Waals surface area contributed by atoms with Crippen LogP contribution in [0.5, 0.6) is 5.75 Å². The van der Waals surface area contributed by atoms with E-state index in [9.17, 15) is 4.21 Å². The number of benzene rings is 2. The van der Waals surface area contributed by atoms with Crippen molar-refractivity contribution in [1.82, 2.24) is 0 Å². The minimum Gasteiger partial charge on any atom is -0.493 e. The zero-order chi connectivity index (χ0) is 15.1. The van der Waals surface area contributed by atoms with E-state index in [0.29, 0.717) is 35.2 Å². The number of ether oxygens (including phenoxy) is 1. The highest BCUT2D eigenvalue weighted by Crippen LogP contribution is 2.20. The molecule has 0 aliphatic heterocycles. The van der Waals surface area contributed by atoms with Gasteiger partial charge in [0.25, 0.3) is 0 Å². The van der Waals surface area contributed by atoms with Gasteiger partial charge in [0.15, 0.2) is 0 Å². The van der Waals surface area contributed by atoms with Gasteiger partial charge in [0.2, 0.25) is 0 Å². The van der Waals surface area contributed by atoms with Crippen LogP contribution in [0.2, 0.25) is 5.02 Å². The van der Waals surface area contributed by atoms with Crippen molar-refractivity contribution in [1.29, 1.82) is 0 Å². The number of para-hydroxylation sites is 1. The molecule has 2 aromatic carbocycles. The Morgan fingerprint density at radius 1 is 1.10 bits per heavy atom. The van der Waals surface area contributed by atoms with Gasteiger partial charge in [0, 0.05) is 17.9 Å². The third-order valence-corrected chi connectivity index (χ3v) is 4.95. The van der Waals surface area contributed by atoms with Gasteiger partial charge in [-0.2, -0.15) is 0 Å². The van der Waals surface area contributed by atoms with E-state index in [1.807, 2.05) is 36.4 Å². The molecule has 0 saturated carbocycles. The average Bonchev–Trinajstić information content (AvgIpc) is 2.52.